The Morgan fingerprint density at radius 1 is 1.21 bits per heavy atom. The number of benzene rings is 2. The highest BCUT2D eigenvalue weighted by Gasteiger charge is 2.32. The molecule has 4 rings (SSSR count). The van der Waals surface area contributed by atoms with Crippen LogP contribution >= 0.6 is 0 Å². The van der Waals surface area contributed by atoms with Crippen LogP contribution in [0.15, 0.2) is 59.8 Å². The van der Waals surface area contributed by atoms with E-state index in [0.29, 0.717) is 5.82 Å². The Morgan fingerprint density at radius 3 is 2.58 bits per heavy atom. The van der Waals surface area contributed by atoms with Gasteiger partial charge in [-0.3, -0.25) is 10.1 Å². The summed E-state index contributed by atoms with van der Waals surface area (Å²) in [6.07, 6.45) is 3.23. The van der Waals surface area contributed by atoms with E-state index < -0.39 is 26.8 Å². The van der Waals surface area contributed by atoms with E-state index >= 15 is 0 Å². The number of anilines is 1. The van der Waals surface area contributed by atoms with E-state index in [2.05, 4.69) is 10.3 Å². The van der Waals surface area contributed by atoms with Crippen molar-refractivity contribution in [1.82, 2.24) is 13.9 Å². The number of nitrogens with one attached hydrogen (secondary N) is 1. The van der Waals surface area contributed by atoms with Crippen molar-refractivity contribution in [1.29, 1.82) is 0 Å². The molecule has 1 saturated heterocycles. The van der Waals surface area contributed by atoms with Crippen LogP contribution in [0.5, 0.6) is 0 Å². The molecule has 0 saturated carbocycles. The number of hydrogen-bond acceptors (Lipinski definition) is 7. The van der Waals surface area contributed by atoms with Crippen LogP contribution in [0.2, 0.25) is 0 Å². The SMILES string of the molecule is Cn1ccnc1[C@H](Nc1ccc([N+](=O)[O-])cc1S(=O)(=O)N1CCOCC1)c1ccccc1F. The second-order valence-corrected chi connectivity index (χ2v) is 9.36. The van der Waals surface area contributed by atoms with E-state index in [-0.39, 0.29) is 48.1 Å². The fraction of sp³-hybridized carbons (Fsp3) is 0.286. The molecule has 2 aromatic carbocycles. The molecule has 0 spiro atoms. The van der Waals surface area contributed by atoms with E-state index in [4.69, 9.17) is 4.74 Å². The van der Waals surface area contributed by atoms with Gasteiger partial charge in [0, 0.05) is 50.2 Å². The molecular formula is C21H22FN5O5S. The first-order valence-corrected chi connectivity index (χ1v) is 11.6. The van der Waals surface area contributed by atoms with Crippen LogP contribution in [0.4, 0.5) is 15.8 Å². The quantitative estimate of drug-likeness (QED) is 0.412. The molecule has 1 N–H and O–H groups in total. The number of non-ortho nitro benzene ring substituents is 1. The Labute approximate surface area is 189 Å². The Morgan fingerprint density at radius 2 is 1.94 bits per heavy atom. The average Bonchev–Trinajstić information content (AvgIpc) is 3.24. The first kappa shape index (κ1) is 22.8. The monoisotopic (exact) mass is 475 g/mol. The number of aromatic nitrogens is 2. The summed E-state index contributed by atoms with van der Waals surface area (Å²) in [5.74, 6) is -0.0642. The zero-order valence-corrected chi connectivity index (χ0v) is 18.5. The number of halogens is 1. The maximum Gasteiger partial charge on any atom is 0.270 e. The zero-order chi connectivity index (χ0) is 23.6. The molecule has 1 aliphatic rings. The van der Waals surface area contributed by atoms with Gasteiger partial charge in [-0.05, 0) is 12.1 Å². The van der Waals surface area contributed by atoms with Crippen LogP contribution in [0, 0.1) is 15.9 Å². The number of sulfonamides is 1. The fourth-order valence-electron chi connectivity index (χ4n) is 3.68. The van der Waals surface area contributed by atoms with Crippen LogP contribution in [0.3, 0.4) is 0 Å². The zero-order valence-electron chi connectivity index (χ0n) is 17.7. The highest BCUT2D eigenvalue weighted by Crippen LogP contribution is 2.34. The molecule has 0 bridgehead atoms. The molecule has 174 valence electrons. The van der Waals surface area contributed by atoms with Crippen molar-refractivity contribution in [2.24, 2.45) is 7.05 Å². The van der Waals surface area contributed by atoms with Gasteiger partial charge in [0.2, 0.25) is 10.0 Å². The fourth-order valence-corrected chi connectivity index (χ4v) is 5.27. The molecule has 1 aliphatic heterocycles. The maximum absolute atomic E-state index is 14.8. The first-order chi connectivity index (χ1) is 15.8. The lowest BCUT2D eigenvalue weighted by Gasteiger charge is -2.28. The summed E-state index contributed by atoms with van der Waals surface area (Å²) in [4.78, 5) is 14.8. The summed E-state index contributed by atoms with van der Waals surface area (Å²) < 4.78 is 49.8. The van der Waals surface area contributed by atoms with Crippen molar-refractivity contribution in [2.45, 2.75) is 10.9 Å². The smallest absolute Gasteiger partial charge is 0.270 e. The summed E-state index contributed by atoms with van der Waals surface area (Å²) in [5.41, 5.74) is -0.0185. The van der Waals surface area contributed by atoms with Crippen molar-refractivity contribution < 1.29 is 22.5 Å². The standard InChI is InChI=1S/C21H22FN5O5S/c1-25-9-8-23-21(25)20(16-4-2-3-5-17(16)22)24-18-7-6-15(27(28)29)14-19(18)33(30,31)26-10-12-32-13-11-26/h2-9,14,20,24H,10-13H2,1H3/t20-/m1/s1. The third kappa shape index (κ3) is 4.58. The van der Waals surface area contributed by atoms with Gasteiger partial charge in [0.05, 0.1) is 23.8 Å². The third-order valence-corrected chi connectivity index (χ3v) is 7.34. The molecule has 0 aliphatic carbocycles. The van der Waals surface area contributed by atoms with Crippen LogP contribution in [-0.4, -0.2) is 53.5 Å². The molecule has 0 unspecified atom stereocenters. The minimum Gasteiger partial charge on any atom is -0.379 e. The lowest BCUT2D eigenvalue weighted by atomic mass is 10.0. The minimum atomic E-state index is -4.10. The van der Waals surface area contributed by atoms with Gasteiger partial charge < -0.3 is 14.6 Å². The minimum absolute atomic E-state index is 0.100. The predicted octanol–water partition coefficient (Wildman–Crippen LogP) is 2.69. The predicted molar refractivity (Wildman–Crippen MR) is 118 cm³/mol. The number of morpholine rings is 1. The average molecular weight is 476 g/mol. The highest BCUT2D eigenvalue weighted by molar-refractivity contribution is 7.89. The molecule has 1 atom stereocenters. The van der Waals surface area contributed by atoms with Gasteiger partial charge in [-0.25, -0.2) is 17.8 Å². The normalized spacial score (nSPS) is 15.8. The highest BCUT2D eigenvalue weighted by atomic mass is 32.2. The van der Waals surface area contributed by atoms with Gasteiger partial charge in [-0.2, -0.15) is 4.31 Å². The Hall–Kier alpha value is -3.35. The summed E-state index contributed by atoms with van der Waals surface area (Å²) in [6, 6.07) is 8.78. The van der Waals surface area contributed by atoms with Gasteiger partial charge >= 0.3 is 0 Å². The first-order valence-electron chi connectivity index (χ1n) is 10.1. The van der Waals surface area contributed by atoms with Crippen LogP contribution in [0.1, 0.15) is 17.4 Å². The topological polar surface area (TPSA) is 120 Å². The largest absolute Gasteiger partial charge is 0.379 e. The van der Waals surface area contributed by atoms with E-state index in [1.165, 1.54) is 22.5 Å². The van der Waals surface area contributed by atoms with Crippen LogP contribution < -0.4 is 5.32 Å². The van der Waals surface area contributed by atoms with Crippen LogP contribution in [0.25, 0.3) is 0 Å². The van der Waals surface area contributed by atoms with Crippen molar-refractivity contribution >= 4 is 21.4 Å². The van der Waals surface area contributed by atoms with Gasteiger partial charge in [0.1, 0.15) is 22.6 Å². The molecule has 1 fully saturated rings. The number of rotatable bonds is 7. The molecule has 3 aromatic rings. The Bertz CT molecular complexity index is 1270. The molecular weight excluding hydrogens is 453 g/mol. The maximum atomic E-state index is 14.8. The van der Waals surface area contributed by atoms with Gasteiger partial charge in [-0.15, -0.1) is 0 Å². The molecule has 1 aromatic heterocycles. The summed E-state index contributed by atoms with van der Waals surface area (Å²) >= 11 is 0. The van der Waals surface area contributed by atoms with Crippen molar-refractivity contribution in [3.05, 3.63) is 82.2 Å². The van der Waals surface area contributed by atoms with Crippen molar-refractivity contribution in [3.63, 3.8) is 0 Å². The van der Waals surface area contributed by atoms with Gasteiger partial charge in [0.25, 0.3) is 5.69 Å². The number of nitrogens with zero attached hydrogens (tertiary/aromatic N) is 4. The number of imidazole rings is 1. The Kier molecular flexibility index (Phi) is 6.40. The number of hydrogen-bond donors (Lipinski definition) is 1. The van der Waals surface area contributed by atoms with E-state index in [1.54, 1.807) is 42.2 Å². The second kappa shape index (κ2) is 9.25. The van der Waals surface area contributed by atoms with E-state index in [1.807, 2.05) is 0 Å². The number of nitro groups is 1. The molecule has 2 heterocycles. The molecule has 0 amide bonds. The summed E-state index contributed by atoms with van der Waals surface area (Å²) in [7, 11) is -2.36. The van der Waals surface area contributed by atoms with E-state index in [9.17, 15) is 22.9 Å². The molecule has 33 heavy (non-hydrogen) atoms. The van der Waals surface area contributed by atoms with Crippen LogP contribution in [-0.2, 0) is 21.8 Å². The third-order valence-electron chi connectivity index (χ3n) is 5.40. The van der Waals surface area contributed by atoms with Gasteiger partial charge in [-0.1, -0.05) is 18.2 Å². The summed E-state index contributed by atoms with van der Waals surface area (Å²) in [5, 5.41) is 14.5. The molecule has 12 heteroatoms. The Balaban J connectivity index is 1.84. The second-order valence-electron chi connectivity index (χ2n) is 7.45. The summed E-state index contributed by atoms with van der Waals surface area (Å²) in [6.45, 7) is 0.700. The van der Waals surface area contributed by atoms with E-state index in [0.717, 1.165) is 6.07 Å². The molecule has 10 nitrogen and oxygen atoms in total. The lowest BCUT2D eigenvalue weighted by molar-refractivity contribution is -0.385. The van der Waals surface area contributed by atoms with Crippen molar-refractivity contribution in [3.8, 4) is 0 Å². The number of ether oxygens (including phenoxy) is 1. The number of aryl methyl sites for hydroxylation is 1. The number of nitro benzene ring substituents is 1. The molecule has 0 radical (unpaired) electrons. The van der Waals surface area contributed by atoms with Crippen molar-refractivity contribution in [2.75, 3.05) is 31.6 Å². The lowest BCUT2D eigenvalue weighted by Crippen LogP contribution is -2.40. The van der Waals surface area contributed by atoms with Gasteiger partial charge in [0.15, 0.2) is 0 Å².